The molecule has 116 valence electrons. The number of nitrogens with one attached hydrogen (secondary N) is 1. The summed E-state index contributed by atoms with van der Waals surface area (Å²) in [5.41, 5.74) is 0.273. The molecule has 4 nitrogen and oxygen atoms in total. The van der Waals surface area contributed by atoms with E-state index in [-0.39, 0.29) is 17.6 Å². The lowest BCUT2D eigenvalue weighted by atomic mass is 10.1. The number of phenolic OH excluding ortho intramolecular Hbond substituents is 1. The summed E-state index contributed by atoms with van der Waals surface area (Å²) in [5, 5.41) is 13.4. The third-order valence-corrected chi connectivity index (χ3v) is 4.02. The normalized spacial score (nSPS) is 21.0. The van der Waals surface area contributed by atoms with Gasteiger partial charge in [-0.2, -0.15) is 0 Å². The molecule has 0 radical (unpaired) electrons. The number of ether oxygens (including phenoxy) is 1. The fourth-order valence-corrected chi connectivity index (χ4v) is 2.56. The molecule has 2 rings (SSSR count). The van der Waals surface area contributed by atoms with E-state index in [1.165, 1.54) is 6.07 Å². The first kappa shape index (κ1) is 16.2. The smallest absolute Gasteiger partial charge is 0.407 e. The van der Waals surface area contributed by atoms with Crippen LogP contribution in [0.25, 0.3) is 0 Å². The van der Waals surface area contributed by atoms with Gasteiger partial charge in [0.25, 0.3) is 0 Å². The van der Waals surface area contributed by atoms with Gasteiger partial charge in [0.15, 0.2) is 0 Å². The Hall–Kier alpha value is -1.13. The van der Waals surface area contributed by atoms with E-state index in [9.17, 15) is 9.90 Å². The summed E-state index contributed by atoms with van der Waals surface area (Å²) < 4.78 is 5.18. The fourth-order valence-electron chi connectivity index (χ4n) is 2.23. The molecule has 1 aliphatic rings. The standard InChI is InChI=1S/C15H19Cl2NO3/c1-15(2,3)21-14(20)18-7-8-4-9(8)10-5-11(16)12(17)6-13(10)19/h5-6,8-9,19H,4,7H2,1-3H3,(H,18,20). The molecule has 1 amide bonds. The van der Waals surface area contributed by atoms with E-state index in [0.717, 1.165) is 12.0 Å². The van der Waals surface area contributed by atoms with E-state index in [1.54, 1.807) is 6.07 Å². The molecule has 1 aromatic rings. The Balaban J connectivity index is 1.88. The van der Waals surface area contributed by atoms with Crippen LogP contribution < -0.4 is 5.32 Å². The van der Waals surface area contributed by atoms with Crippen LogP contribution in [-0.4, -0.2) is 23.3 Å². The maximum absolute atomic E-state index is 11.6. The lowest BCUT2D eigenvalue weighted by molar-refractivity contribution is 0.0525. The van der Waals surface area contributed by atoms with Crippen molar-refractivity contribution in [3.63, 3.8) is 0 Å². The fraction of sp³-hybridized carbons (Fsp3) is 0.533. The minimum atomic E-state index is -0.505. The Labute approximate surface area is 134 Å². The van der Waals surface area contributed by atoms with Gasteiger partial charge < -0.3 is 15.2 Å². The van der Waals surface area contributed by atoms with Crippen LogP contribution in [0.5, 0.6) is 5.75 Å². The summed E-state index contributed by atoms with van der Waals surface area (Å²) in [6.07, 6.45) is 0.466. The van der Waals surface area contributed by atoms with E-state index in [4.69, 9.17) is 27.9 Å². The van der Waals surface area contributed by atoms with Crippen molar-refractivity contribution in [2.75, 3.05) is 6.54 Å². The predicted molar refractivity (Wildman–Crippen MR) is 83.2 cm³/mol. The Morgan fingerprint density at radius 3 is 2.62 bits per heavy atom. The lowest BCUT2D eigenvalue weighted by Crippen LogP contribution is -2.33. The summed E-state index contributed by atoms with van der Waals surface area (Å²) in [4.78, 5) is 11.6. The average molecular weight is 332 g/mol. The molecular weight excluding hydrogens is 313 g/mol. The van der Waals surface area contributed by atoms with E-state index in [1.807, 2.05) is 20.8 Å². The molecular formula is C15H19Cl2NO3. The van der Waals surface area contributed by atoms with Gasteiger partial charge >= 0.3 is 6.09 Å². The van der Waals surface area contributed by atoms with Crippen LogP contribution in [0, 0.1) is 5.92 Å². The van der Waals surface area contributed by atoms with Gasteiger partial charge in [-0.25, -0.2) is 4.79 Å². The molecule has 2 atom stereocenters. The maximum atomic E-state index is 11.6. The van der Waals surface area contributed by atoms with Crippen LogP contribution in [0.4, 0.5) is 4.79 Å². The molecule has 1 saturated carbocycles. The zero-order chi connectivity index (χ0) is 15.8. The molecule has 2 unspecified atom stereocenters. The zero-order valence-electron chi connectivity index (χ0n) is 12.2. The van der Waals surface area contributed by atoms with Crippen molar-refractivity contribution < 1.29 is 14.6 Å². The maximum Gasteiger partial charge on any atom is 0.407 e. The molecule has 2 N–H and O–H groups in total. The van der Waals surface area contributed by atoms with Crippen molar-refractivity contribution in [2.24, 2.45) is 5.92 Å². The molecule has 0 spiro atoms. The number of hydrogen-bond acceptors (Lipinski definition) is 3. The number of benzene rings is 1. The Bertz CT molecular complexity index is 555. The highest BCUT2D eigenvalue weighted by Gasteiger charge is 2.40. The first-order valence-electron chi connectivity index (χ1n) is 6.82. The summed E-state index contributed by atoms with van der Waals surface area (Å²) in [6, 6.07) is 3.15. The quantitative estimate of drug-likeness (QED) is 0.866. The Morgan fingerprint density at radius 1 is 1.38 bits per heavy atom. The van der Waals surface area contributed by atoms with Crippen LogP contribution in [-0.2, 0) is 4.74 Å². The highest BCUT2D eigenvalue weighted by molar-refractivity contribution is 6.42. The molecule has 0 heterocycles. The highest BCUT2D eigenvalue weighted by atomic mass is 35.5. The summed E-state index contributed by atoms with van der Waals surface area (Å²) in [6.45, 7) is 5.97. The monoisotopic (exact) mass is 331 g/mol. The van der Waals surface area contributed by atoms with Crippen LogP contribution in [0.2, 0.25) is 10.0 Å². The summed E-state index contributed by atoms with van der Waals surface area (Å²) in [7, 11) is 0. The van der Waals surface area contributed by atoms with Crippen molar-refractivity contribution in [1.82, 2.24) is 5.32 Å². The van der Waals surface area contributed by atoms with Crippen LogP contribution in [0.15, 0.2) is 12.1 Å². The second-order valence-corrected chi connectivity index (χ2v) is 7.12. The molecule has 1 aromatic carbocycles. The second-order valence-electron chi connectivity index (χ2n) is 6.31. The summed E-state index contributed by atoms with van der Waals surface area (Å²) >= 11 is 11.8. The van der Waals surface area contributed by atoms with Crippen LogP contribution in [0.3, 0.4) is 0 Å². The highest BCUT2D eigenvalue weighted by Crippen LogP contribution is 2.51. The van der Waals surface area contributed by atoms with E-state index in [0.29, 0.717) is 16.6 Å². The van der Waals surface area contributed by atoms with E-state index < -0.39 is 11.7 Å². The van der Waals surface area contributed by atoms with Gasteiger partial charge in [0, 0.05) is 12.6 Å². The number of hydrogen-bond donors (Lipinski definition) is 2. The first-order chi connectivity index (χ1) is 9.67. The topological polar surface area (TPSA) is 58.6 Å². The van der Waals surface area contributed by atoms with Crippen LogP contribution >= 0.6 is 23.2 Å². The Morgan fingerprint density at radius 2 is 2.00 bits per heavy atom. The number of phenols is 1. The number of carbonyl (C=O) groups excluding carboxylic acids is 1. The molecule has 1 aliphatic carbocycles. The van der Waals surface area contributed by atoms with Gasteiger partial charge in [-0.1, -0.05) is 23.2 Å². The number of alkyl carbamates (subject to hydrolysis) is 1. The third-order valence-electron chi connectivity index (χ3n) is 3.30. The molecule has 0 aromatic heterocycles. The van der Waals surface area contributed by atoms with Gasteiger partial charge in [0.1, 0.15) is 11.4 Å². The predicted octanol–water partition coefficient (Wildman–Crippen LogP) is 4.33. The van der Waals surface area contributed by atoms with Gasteiger partial charge in [0.2, 0.25) is 0 Å². The van der Waals surface area contributed by atoms with Crippen molar-refractivity contribution in [3.8, 4) is 5.75 Å². The number of aromatic hydroxyl groups is 1. The molecule has 1 fully saturated rings. The second kappa shape index (κ2) is 5.93. The number of amides is 1. The van der Waals surface area contributed by atoms with Crippen molar-refractivity contribution in [1.29, 1.82) is 0 Å². The first-order valence-corrected chi connectivity index (χ1v) is 7.57. The molecule has 0 aliphatic heterocycles. The Kier molecular flexibility index (Phi) is 4.59. The van der Waals surface area contributed by atoms with Gasteiger partial charge in [-0.15, -0.1) is 0 Å². The van der Waals surface area contributed by atoms with E-state index >= 15 is 0 Å². The van der Waals surface area contributed by atoms with Gasteiger partial charge in [0.05, 0.1) is 10.0 Å². The van der Waals surface area contributed by atoms with Crippen molar-refractivity contribution in [3.05, 3.63) is 27.7 Å². The molecule has 21 heavy (non-hydrogen) atoms. The molecule has 0 bridgehead atoms. The average Bonchev–Trinajstić information content (AvgIpc) is 3.08. The SMILES string of the molecule is CC(C)(C)OC(=O)NCC1CC1c1cc(Cl)c(Cl)cc1O. The van der Waals surface area contributed by atoms with E-state index in [2.05, 4.69) is 5.32 Å². The molecule has 6 heteroatoms. The van der Waals surface area contributed by atoms with Gasteiger partial charge in [-0.05, 0) is 50.7 Å². The minimum Gasteiger partial charge on any atom is -0.508 e. The van der Waals surface area contributed by atoms with Crippen LogP contribution in [0.1, 0.15) is 38.7 Å². The van der Waals surface area contributed by atoms with Crippen molar-refractivity contribution in [2.45, 2.75) is 38.7 Å². The number of halogens is 2. The number of carbonyl (C=O) groups is 1. The minimum absolute atomic E-state index is 0.147. The summed E-state index contributed by atoms with van der Waals surface area (Å²) in [5.74, 6) is 0.615. The molecule has 0 saturated heterocycles. The lowest BCUT2D eigenvalue weighted by Gasteiger charge is -2.19. The number of rotatable bonds is 3. The van der Waals surface area contributed by atoms with Gasteiger partial charge in [-0.3, -0.25) is 0 Å². The van der Waals surface area contributed by atoms with Crippen molar-refractivity contribution >= 4 is 29.3 Å². The largest absolute Gasteiger partial charge is 0.508 e. The zero-order valence-corrected chi connectivity index (χ0v) is 13.8. The third kappa shape index (κ3) is 4.42.